The summed E-state index contributed by atoms with van der Waals surface area (Å²) >= 11 is 5.81. The summed E-state index contributed by atoms with van der Waals surface area (Å²) in [4.78, 5) is 12.1. The monoisotopic (exact) mass is 303 g/mol. The predicted molar refractivity (Wildman–Crippen MR) is 86.1 cm³/mol. The number of ether oxygens (including phenoxy) is 1. The molecule has 0 bridgehead atoms. The van der Waals surface area contributed by atoms with Crippen LogP contribution in [-0.4, -0.2) is 12.0 Å². The maximum atomic E-state index is 12.1. The molecule has 0 saturated carbocycles. The van der Waals surface area contributed by atoms with E-state index >= 15 is 0 Å². The van der Waals surface area contributed by atoms with Gasteiger partial charge in [-0.3, -0.25) is 4.79 Å². The number of anilines is 1. The third-order valence-electron chi connectivity index (χ3n) is 3.13. The van der Waals surface area contributed by atoms with E-state index in [1.54, 1.807) is 31.2 Å². The van der Waals surface area contributed by atoms with Crippen LogP contribution in [0.4, 0.5) is 5.69 Å². The van der Waals surface area contributed by atoms with Crippen LogP contribution in [0.15, 0.2) is 42.5 Å². The molecule has 2 aromatic rings. The molecular weight excluding hydrogens is 286 g/mol. The highest BCUT2D eigenvalue weighted by Gasteiger charge is 2.15. The number of rotatable bonds is 4. The number of hydrogen-bond acceptors (Lipinski definition) is 2. The van der Waals surface area contributed by atoms with Crippen molar-refractivity contribution >= 4 is 23.2 Å². The van der Waals surface area contributed by atoms with Gasteiger partial charge in [0.05, 0.1) is 0 Å². The van der Waals surface area contributed by atoms with Gasteiger partial charge < -0.3 is 10.1 Å². The van der Waals surface area contributed by atoms with Crippen LogP contribution in [0.5, 0.6) is 5.75 Å². The van der Waals surface area contributed by atoms with Crippen LogP contribution < -0.4 is 10.1 Å². The summed E-state index contributed by atoms with van der Waals surface area (Å²) in [5.74, 6) is 0.534. The normalized spacial score (nSPS) is 11.8. The molecule has 1 amide bonds. The first-order chi connectivity index (χ1) is 9.95. The predicted octanol–water partition coefficient (Wildman–Crippen LogP) is 4.36. The zero-order valence-corrected chi connectivity index (χ0v) is 13.1. The molecular formula is C17H18ClNO2. The van der Waals surface area contributed by atoms with Gasteiger partial charge >= 0.3 is 0 Å². The van der Waals surface area contributed by atoms with Crippen LogP contribution in [0.25, 0.3) is 0 Å². The highest BCUT2D eigenvalue weighted by molar-refractivity contribution is 6.30. The maximum absolute atomic E-state index is 12.1. The first kappa shape index (κ1) is 15.4. The molecule has 0 fully saturated rings. The molecule has 1 N–H and O–H groups in total. The third kappa shape index (κ3) is 4.23. The SMILES string of the molecule is Cc1ccc(C)c(O[C@H](C)C(=O)Nc2ccc(Cl)cc2)c1. The minimum atomic E-state index is -0.582. The highest BCUT2D eigenvalue weighted by Crippen LogP contribution is 2.21. The number of aryl methyl sites for hydroxylation is 2. The molecule has 21 heavy (non-hydrogen) atoms. The molecule has 1 atom stereocenters. The topological polar surface area (TPSA) is 38.3 Å². The Morgan fingerprint density at radius 1 is 1.14 bits per heavy atom. The molecule has 0 unspecified atom stereocenters. The minimum Gasteiger partial charge on any atom is -0.481 e. The molecule has 110 valence electrons. The van der Waals surface area contributed by atoms with Crippen molar-refractivity contribution in [2.24, 2.45) is 0 Å². The zero-order valence-electron chi connectivity index (χ0n) is 12.3. The van der Waals surface area contributed by atoms with Gasteiger partial charge in [0.25, 0.3) is 5.91 Å². The quantitative estimate of drug-likeness (QED) is 0.911. The Kier molecular flexibility index (Phi) is 4.86. The van der Waals surface area contributed by atoms with E-state index in [0.717, 1.165) is 16.9 Å². The number of carbonyl (C=O) groups excluding carboxylic acids is 1. The van der Waals surface area contributed by atoms with Gasteiger partial charge in [0, 0.05) is 10.7 Å². The molecule has 0 aliphatic heterocycles. The fourth-order valence-corrected chi connectivity index (χ4v) is 1.98. The first-order valence-corrected chi connectivity index (χ1v) is 7.14. The van der Waals surface area contributed by atoms with Crippen molar-refractivity contribution in [1.82, 2.24) is 0 Å². The lowest BCUT2D eigenvalue weighted by atomic mass is 10.1. The second-order valence-electron chi connectivity index (χ2n) is 5.03. The fourth-order valence-electron chi connectivity index (χ4n) is 1.86. The summed E-state index contributed by atoms with van der Waals surface area (Å²) in [6, 6.07) is 12.9. The number of halogens is 1. The molecule has 0 aliphatic carbocycles. The average molecular weight is 304 g/mol. The molecule has 0 aromatic heterocycles. The number of carbonyl (C=O) groups is 1. The fraction of sp³-hybridized carbons (Fsp3) is 0.235. The van der Waals surface area contributed by atoms with Gasteiger partial charge in [-0.2, -0.15) is 0 Å². The van der Waals surface area contributed by atoms with Crippen molar-refractivity contribution in [3.63, 3.8) is 0 Å². The molecule has 0 radical (unpaired) electrons. The minimum absolute atomic E-state index is 0.196. The van der Waals surface area contributed by atoms with E-state index in [4.69, 9.17) is 16.3 Å². The Morgan fingerprint density at radius 2 is 1.81 bits per heavy atom. The molecule has 2 aromatic carbocycles. The second kappa shape index (κ2) is 6.64. The lowest BCUT2D eigenvalue weighted by Crippen LogP contribution is -2.30. The third-order valence-corrected chi connectivity index (χ3v) is 3.38. The number of amides is 1. The number of benzene rings is 2. The Labute approximate surface area is 129 Å². The van der Waals surface area contributed by atoms with Crippen LogP contribution in [0.1, 0.15) is 18.1 Å². The van der Waals surface area contributed by atoms with Crippen molar-refractivity contribution < 1.29 is 9.53 Å². The molecule has 4 heteroatoms. The first-order valence-electron chi connectivity index (χ1n) is 6.76. The molecule has 2 rings (SSSR count). The van der Waals surface area contributed by atoms with Crippen LogP contribution in [0, 0.1) is 13.8 Å². The lowest BCUT2D eigenvalue weighted by Gasteiger charge is -2.16. The largest absolute Gasteiger partial charge is 0.481 e. The summed E-state index contributed by atoms with van der Waals surface area (Å²) in [5.41, 5.74) is 2.80. The van der Waals surface area contributed by atoms with E-state index in [1.807, 2.05) is 32.0 Å². The van der Waals surface area contributed by atoms with Crippen molar-refractivity contribution in [2.75, 3.05) is 5.32 Å². The van der Waals surface area contributed by atoms with Gasteiger partial charge in [-0.1, -0.05) is 23.7 Å². The Morgan fingerprint density at radius 3 is 2.48 bits per heavy atom. The molecule has 0 aliphatic rings. The number of nitrogens with one attached hydrogen (secondary N) is 1. The molecule has 0 heterocycles. The summed E-state index contributed by atoms with van der Waals surface area (Å²) < 4.78 is 5.75. The zero-order chi connectivity index (χ0) is 15.4. The Balaban J connectivity index is 2.02. The van der Waals surface area contributed by atoms with Crippen molar-refractivity contribution in [2.45, 2.75) is 26.9 Å². The van der Waals surface area contributed by atoms with Crippen molar-refractivity contribution in [3.8, 4) is 5.75 Å². The summed E-state index contributed by atoms with van der Waals surface area (Å²) in [6.07, 6.45) is -0.582. The maximum Gasteiger partial charge on any atom is 0.265 e. The summed E-state index contributed by atoms with van der Waals surface area (Å²) in [7, 11) is 0. The molecule has 3 nitrogen and oxygen atoms in total. The molecule has 0 saturated heterocycles. The van der Waals surface area contributed by atoms with Crippen LogP contribution >= 0.6 is 11.6 Å². The lowest BCUT2D eigenvalue weighted by molar-refractivity contribution is -0.122. The summed E-state index contributed by atoms with van der Waals surface area (Å²) in [6.45, 7) is 5.68. The summed E-state index contributed by atoms with van der Waals surface area (Å²) in [5, 5.41) is 3.43. The van der Waals surface area contributed by atoms with Gasteiger partial charge in [-0.25, -0.2) is 0 Å². The van der Waals surface area contributed by atoms with Gasteiger partial charge in [0.2, 0.25) is 0 Å². The van der Waals surface area contributed by atoms with Crippen LogP contribution in [-0.2, 0) is 4.79 Å². The van der Waals surface area contributed by atoms with Gasteiger partial charge in [-0.05, 0) is 62.2 Å². The van der Waals surface area contributed by atoms with E-state index in [-0.39, 0.29) is 5.91 Å². The van der Waals surface area contributed by atoms with Crippen LogP contribution in [0.2, 0.25) is 5.02 Å². The standard InChI is InChI=1S/C17H18ClNO2/c1-11-4-5-12(2)16(10-11)21-13(3)17(20)19-15-8-6-14(18)7-9-15/h4-10,13H,1-3H3,(H,19,20)/t13-/m1/s1. The van der Waals surface area contributed by atoms with E-state index in [0.29, 0.717) is 10.7 Å². The van der Waals surface area contributed by atoms with Gasteiger partial charge in [0.1, 0.15) is 5.75 Å². The van der Waals surface area contributed by atoms with Crippen molar-refractivity contribution in [3.05, 3.63) is 58.6 Å². The van der Waals surface area contributed by atoms with Crippen LogP contribution in [0.3, 0.4) is 0 Å². The molecule has 0 spiro atoms. The van der Waals surface area contributed by atoms with Gasteiger partial charge in [-0.15, -0.1) is 0 Å². The van der Waals surface area contributed by atoms with E-state index in [2.05, 4.69) is 5.32 Å². The average Bonchev–Trinajstić information content (AvgIpc) is 2.45. The Bertz CT molecular complexity index is 638. The highest BCUT2D eigenvalue weighted by atomic mass is 35.5. The van der Waals surface area contributed by atoms with E-state index in [1.165, 1.54) is 0 Å². The van der Waals surface area contributed by atoms with Crippen molar-refractivity contribution in [1.29, 1.82) is 0 Å². The Hall–Kier alpha value is -2.00. The smallest absolute Gasteiger partial charge is 0.265 e. The number of hydrogen-bond donors (Lipinski definition) is 1. The van der Waals surface area contributed by atoms with Gasteiger partial charge in [0.15, 0.2) is 6.10 Å². The second-order valence-corrected chi connectivity index (χ2v) is 5.46. The van der Waals surface area contributed by atoms with E-state index < -0.39 is 6.10 Å². The van der Waals surface area contributed by atoms with E-state index in [9.17, 15) is 4.79 Å².